The maximum atomic E-state index is 12.9. The highest BCUT2D eigenvalue weighted by molar-refractivity contribution is 5.71. The lowest BCUT2D eigenvalue weighted by Gasteiger charge is -2.18. The van der Waals surface area contributed by atoms with Crippen molar-refractivity contribution in [2.24, 2.45) is 0 Å². The maximum absolute atomic E-state index is 12.9. The molecule has 0 saturated carbocycles. The first-order chi connectivity index (χ1) is 35.0. The number of carbonyl (C=O) groups excluding carboxylic acids is 3. The lowest BCUT2D eigenvalue weighted by molar-refractivity contribution is -0.167. The highest BCUT2D eigenvalue weighted by Crippen LogP contribution is 2.14. The van der Waals surface area contributed by atoms with Gasteiger partial charge in [-0.1, -0.05) is 226 Å². The summed E-state index contributed by atoms with van der Waals surface area (Å²) in [5.74, 6) is -0.959. The van der Waals surface area contributed by atoms with Crippen LogP contribution in [0.15, 0.2) is 109 Å². The second-order valence-electron chi connectivity index (χ2n) is 19.2. The molecule has 6 nitrogen and oxygen atoms in total. The fourth-order valence-corrected chi connectivity index (χ4v) is 7.82. The molecule has 1 atom stereocenters. The molecule has 0 aliphatic rings. The van der Waals surface area contributed by atoms with Crippen molar-refractivity contribution in [3.05, 3.63) is 109 Å². The van der Waals surface area contributed by atoms with Crippen molar-refractivity contribution in [2.75, 3.05) is 13.2 Å². The van der Waals surface area contributed by atoms with Gasteiger partial charge < -0.3 is 14.2 Å². The topological polar surface area (TPSA) is 78.9 Å². The minimum Gasteiger partial charge on any atom is -0.462 e. The van der Waals surface area contributed by atoms with Crippen LogP contribution in [0.5, 0.6) is 0 Å². The molecule has 0 rings (SSSR count). The van der Waals surface area contributed by atoms with Crippen LogP contribution >= 0.6 is 0 Å². The van der Waals surface area contributed by atoms with E-state index in [2.05, 4.69) is 130 Å². The number of unbranched alkanes of at least 4 members (excludes halogenated alkanes) is 23. The van der Waals surface area contributed by atoms with Crippen molar-refractivity contribution in [3.63, 3.8) is 0 Å². The van der Waals surface area contributed by atoms with E-state index in [0.29, 0.717) is 25.7 Å². The van der Waals surface area contributed by atoms with Gasteiger partial charge in [-0.2, -0.15) is 0 Å². The third-order valence-corrected chi connectivity index (χ3v) is 12.2. The number of hydrogen-bond acceptors (Lipinski definition) is 6. The van der Waals surface area contributed by atoms with Crippen LogP contribution in [-0.4, -0.2) is 37.2 Å². The van der Waals surface area contributed by atoms with Crippen LogP contribution in [0.1, 0.15) is 265 Å². The van der Waals surface area contributed by atoms with Gasteiger partial charge in [0.05, 0.1) is 0 Å². The molecule has 0 aliphatic heterocycles. The zero-order valence-electron chi connectivity index (χ0n) is 46.2. The fourth-order valence-electron chi connectivity index (χ4n) is 7.82. The molecule has 0 aromatic rings. The normalized spacial score (nSPS) is 12.9. The molecule has 0 aromatic carbocycles. The summed E-state index contributed by atoms with van der Waals surface area (Å²) in [5, 5.41) is 0. The van der Waals surface area contributed by atoms with Crippen LogP contribution < -0.4 is 0 Å². The first-order valence-electron chi connectivity index (χ1n) is 29.4. The quantitative estimate of drug-likeness (QED) is 0.0261. The number of esters is 3. The van der Waals surface area contributed by atoms with E-state index in [4.69, 9.17) is 14.2 Å². The molecular weight excluding hydrogens is 877 g/mol. The summed E-state index contributed by atoms with van der Waals surface area (Å²) < 4.78 is 16.8. The lowest BCUT2D eigenvalue weighted by atomic mass is 10.1. The Balaban J connectivity index is 4.50. The Labute approximate surface area is 438 Å². The fraction of sp³-hybridized carbons (Fsp3) is 0.677. The van der Waals surface area contributed by atoms with Gasteiger partial charge in [0, 0.05) is 19.3 Å². The molecule has 0 spiro atoms. The minimum atomic E-state index is -0.806. The van der Waals surface area contributed by atoms with Crippen molar-refractivity contribution in [1.29, 1.82) is 0 Å². The molecule has 0 aliphatic carbocycles. The smallest absolute Gasteiger partial charge is 0.306 e. The van der Waals surface area contributed by atoms with E-state index in [9.17, 15) is 14.4 Å². The van der Waals surface area contributed by atoms with Gasteiger partial charge in [-0.25, -0.2) is 0 Å². The zero-order valence-corrected chi connectivity index (χ0v) is 46.2. The number of rotatable bonds is 52. The zero-order chi connectivity index (χ0) is 51.4. The van der Waals surface area contributed by atoms with Crippen molar-refractivity contribution in [1.82, 2.24) is 0 Å². The molecule has 0 amide bonds. The predicted molar refractivity (Wildman–Crippen MR) is 307 cm³/mol. The van der Waals surface area contributed by atoms with Crippen LogP contribution in [0.2, 0.25) is 0 Å². The van der Waals surface area contributed by atoms with Gasteiger partial charge in [-0.3, -0.25) is 14.4 Å². The minimum absolute atomic E-state index is 0.101. The van der Waals surface area contributed by atoms with E-state index < -0.39 is 6.10 Å². The Kier molecular flexibility index (Phi) is 55.4. The molecule has 6 heteroatoms. The van der Waals surface area contributed by atoms with Gasteiger partial charge in [0.2, 0.25) is 0 Å². The van der Waals surface area contributed by atoms with Crippen LogP contribution in [0.4, 0.5) is 0 Å². The molecule has 0 bridgehead atoms. The van der Waals surface area contributed by atoms with E-state index in [1.165, 1.54) is 103 Å². The van der Waals surface area contributed by atoms with E-state index in [-0.39, 0.29) is 31.1 Å². The molecular formula is C65H108O6. The molecule has 404 valence electrons. The summed E-state index contributed by atoms with van der Waals surface area (Å²) in [4.78, 5) is 38.2. The van der Waals surface area contributed by atoms with Crippen LogP contribution in [0.3, 0.4) is 0 Å². The van der Waals surface area contributed by atoms with Crippen molar-refractivity contribution >= 4 is 17.9 Å². The van der Waals surface area contributed by atoms with Crippen molar-refractivity contribution in [2.45, 2.75) is 271 Å². The van der Waals surface area contributed by atoms with E-state index in [1.807, 2.05) is 0 Å². The number of carbonyl (C=O) groups is 3. The van der Waals surface area contributed by atoms with Crippen LogP contribution in [-0.2, 0) is 28.6 Å². The summed E-state index contributed by atoms with van der Waals surface area (Å²) in [6, 6.07) is 0. The second-order valence-corrected chi connectivity index (χ2v) is 19.2. The molecule has 1 unspecified atom stereocenters. The summed E-state index contributed by atoms with van der Waals surface area (Å²) in [6.07, 6.45) is 79.3. The first kappa shape index (κ1) is 67.1. The molecule has 0 N–H and O–H groups in total. The molecule has 0 heterocycles. The van der Waals surface area contributed by atoms with Gasteiger partial charge in [0.1, 0.15) is 13.2 Å². The Morgan fingerprint density at radius 2 is 0.549 bits per heavy atom. The maximum Gasteiger partial charge on any atom is 0.306 e. The molecule has 0 fully saturated rings. The Morgan fingerprint density at radius 3 is 0.930 bits per heavy atom. The average molecular weight is 986 g/mol. The van der Waals surface area contributed by atoms with Gasteiger partial charge in [0.25, 0.3) is 0 Å². The summed E-state index contributed by atoms with van der Waals surface area (Å²) in [5.41, 5.74) is 0. The predicted octanol–water partition coefficient (Wildman–Crippen LogP) is 19.9. The van der Waals surface area contributed by atoms with Gasteiger partial charge in [-0.05, 0) is 128 Å². The number of allylic oxidation sites excluding steroid dienone is 18. The Hall–Kier alpha value is -3.93. The Morgan fingerprint density at radius 1 is 0.296 bits per heavy atom. The highest BCUT2D eigenvalue weighted by Gasteiger charge is 2.19. The van der Waals surface area contributed by atoms with Gasteiger partial charge in [0.15, 0.2) is 6.10 Å². The molecule has 0 radical (unpaired) electrons. The number of hydrogen-bond donors (Lipinski definition) is 0. The lowest BCUT2D eigenvalue weighted by Crippen LogP contribution is -2.30. The molecule has 71 heavy (non-hydrogen) atoms. The van der Waals surface area contributed by atoms with Gasteiger partial charge in [-0.15, -0.1) is 0 Å². The standard InChI is InChI=1S/C65H108O6/c1-4-7-10-13-16-19-22-25-28-30-31-32-33-35-37-40-43-46-49-52-55-58-64(67)70-61-62(60-69-63(66)57-54-51-48-45-42-39-36-27-24-21-18-15-12-9-6-3)71-65(68)59-56-53-50-47-44-41-38-34-29-26-23-20-17-14-11-8-5-2/h7,10,16-17,19-20,25-29,31-32,35-37,43,46,62H,4-6,8-9,11-15,18,21-24,30,33-34,38-42,44-45,47-61H2,1-3H3/b10-7-,19-16-,20-17-,28-25-,29-26-,32-31-,36-27-,37-35-,46-43-. The van der Waals surface area contributed by atoms with E-state index >= 15 is 0 Å². The van der Waals surface area contributed by atoms with Crippen molar-refractivity contribution in [3.8, 4) is 0 Å². The SMILES string of the molecule is CC/C=C\C/C=C\C/C=C\C/C=C\C/C=C\C/C=C\CCCCC(=O)OCC(COC(=O)CCCCCCC/C=C\CCCCCCCC)OC(=O)CCCCCCCCC/C=C\C/C=C\CCCCC. The summed E-state index contributed by atoms with van der Waals surface area (Å²) >= 11 is 0. The second kappa shape index (κ2) is 58.6. The monoisotopic (exact) mass is 985 g/mol. The third-order valence-electron chi connectivity index (χ3n) is 12.2. The van der Waals surface area contributed by atoms with Crippen molar-refractivity contribution < 1.29 is 28.6 Å². The van der Waals surface area contributed by atoms with Crippen LogP contribution in [0, 0.1) is 0 Å². The largest absolute Gasteiger partial charge is 0.462 e. The Bertz CT molecular complexity index is 1460. The highest BCUT2D eigenvalue weighted by atomic mass is 16.6. The average Bonchev–Trinajstić information content (AvgIpc) is 3.37. The molecule has 0 aromatic heterocycles. The number of ether oxygens (including phenoxy) is 3. The van der Waals surface area contributed by atoms with E-state index in [0.717, 1.165) is 116 Å². The third kappa shape index (κ3) is 56.9. The van der Waals surface area contributed by atoms with Gasteiger partial charge >= 0.3 is 17.9 Å². The summed E-state index contributed by atoms with van der Waals surface area (Å²) in [6.45, 7) is 6.45. The summed E-state index contributed by atoms with van der Waals surface area (Å²) in [7, 11) is 0. The van der Waals surface area contributed by atoms with E-state index in [1.54, 1.807) is 0 Å². The molecule has 0 saturated heterocycles. The van der Waals surface area contributed by atoms with Crippen LogP contribution in [0.25, 0.3) is 0 Å². The first-order valence-corrected chi connectivity index (χ1v) is 29.4.